The zero-order valence-electron chi connectivity index (χ0n) is 28.8. The molecule has 2 saturated heterocycles. The molecular weight excluding hydrogens is 720 g/mol. The number of aliphatic carboxylic acids is 1. The Hall–Kier alpha value is -2.85. The Morgan fingerprint density at radius 2 is 1.60 bits per heavy atom. The maximum Gasteiger partial charge on any atom is 0.310 e. The van der Waals surface area contributed by atoms with Crippen molar-refractivity contribution in [2.24, 2.45) is 22.7 Å². The molecule has 1 spiro atoms. The van der Waals surface area contributed by atoms with E-state index in [0.717, 1.165) is 5.56 Å². The highest BCUT2D eigenvalue weighted by Crippen LogP contribution is 2.61. The molecule has 8 nitrogen and oxygen atoms in total. The minimum Gasteiger partial charge on any atom is -0.481 e. The molecule has 50 heavy (non-hydrogen) atoms. The van der Waals surface area contributed by atoms with E-state index in [1.165, 1.54) is 6.07 Å². The lowest BCUT2D eigenvalue weighted by Gasteiger charge is -2.43. The number of amides is 2. The second kappa shape index (κ2) is 13.0. The number of nitrogens with one attached hydrogen (secondary N) is 1. The number of nitrogens with zero attached hydrogens (tertiary/aromatic N) is 2. The number of carbonyl (C=O) groups excluding carboxylic acids is 2. The topological polar surface area (TPSA) is 99.2 Å². The van der Waals surface area contributed by atoms with Gasteiger partial charge < -0.3 is 20.1 Å². The van der Waals surface area contributed by atoms with Crippen LogP contribution in [0, 0.1) is 22.7 Å². The molecule has 3 aromatic carbocycles. The van der Waals surface area contributed by atoms with Crippen LogP contribution >= 0.6 is 46.4 Å². The Morgan fingerprint density at radius 1 is 0.980 bits per heavy atom. The predicted octanol–water partition coefficient (Wildman–Crippen LogP) is 8.93. The highest BCUT2D eigenvalue weighted by molar-refractivity contribution is 6.38. The van der Waals surface area contributed by atoms with E-state index in [0.29, 0.717) is 27.9 Å². The molecule has 2 fully saturated rings. The Balaban J connectivity index is 1.54. The van der Waals surface area contributed by atoms with Gasteiger partial charge in [-0.15, -0.1) is 0 Å². The average Bonchev–Trinajstić information content (AvgIpc) is 3.60. The van der Waals surface area contributed by atoms with Crippen LogP contribution in [-0.4, -0.2) is 52.5 Å². The van der Waals surface area contributed by atoms with Crippen LogP contribution in [0.1, 0.15) is 59.1 Å². The van der Waals surface area contributed by atoms with Gasteiger partial charge in [0.25, 0.3) is 5.91 Å². The van der Waals surface area contributed by atoms with Gasteiger partial charge in [-0.05, 0) is 60.1 Å². The Labute approximate surface area is 313 Å². The van der Waals surface area contributed by atoms with E-state index in [1.807, 2.05) is 42.2 Å². The first-order valence-electron chi connectivity index (χ1n) is 16.5. The molecule has 0 saturated carbocycles. The second-order valence-corrected chi connectivity index (χ2v) is 17.4. The van der Waals surface area contributed by atoms with E-state index in [1.54, 1.807) is 29.2 Å². The number of ether oxygens (including phenoxy) is 1. The van der Waals surface area contributed by atoms with Crippen LogP contribution in [0.3, 0.4) is 0 Å². The van der Waals surface area contributed by atoms with E-state index >= 15 is 4.79 Å². The van der Waals surface area contributed by atoms with E-state index in [2.05, 4.69) is 39.9 Å². The second-order valence-electron chi connectivity index (χ2n) is 15.7. The van der Waals surface area contributed by atoms with Crippen LogP contribution in [0.5, 0.6) is 0 Å². The van der Waals surface area contributed by atoms with E-state index in [-0.39, 0.29) is 40.7 Å². The summed E-state index contributed by atoms with van der Waals surface area (Å²) in [5, 5.41) is 15.1. The van der Waals surface area contributed by atoms with Gasteiger partial charge in [0.05, 0.1) is 28.8 Å². The van der Waals surface area contributed by atoms with E-state index in [9.17, 15) is 14.7 Å². The molecular formula is C38H41Cl4N3O5. The van der Waals surface area contributed by atoms with Crippen LogP contribution < -0.4 is 10.2 Å². The fourth-order valence-corrected chi connectivity index (χ4v) is 8.82. The van der Waals surface area contributed by atoms with Crippen molar-refractivity contribution in [3.05, 3.63) is 91.9 Å². The molecule has 3 aliphatic heterocycles. The number of anilines is 2. The highest BCUT2D eigenvalue weighted by Gasteiger charge is 2.74. The Morgan fingerprint density at radius 3 is 2.20 bits per heavy atom. The molecule has 12 heteroatoms. The minimum atomic E-state index is -1.81. The number of carboxylic acid groups (broad SMARTS) is 1. The molecule has 0 aliphatic carbocycles. The number of fused-ring (bicyclic) bond motifs is 4. The zero-order chi connectivity index (χ0) is 36.6. The molecule has 2 N–H and O–H groups in total. The van der Waals surface area contributed by atoms with Gasteiger partial charge in [-0.3, -0.25) is 19.3 Å². The fourth-order valence-electron chi connectivity index (χ4n) is 7.77. The van der Waals surface area contributed by atoms with Gasteiger partial charge in [-0.25, -0.2) is 0 Å². The third-order valence-corrected chi connectivity index (χ3v) is 12.2. The van der Waals surface area contributed by atoms with Crippen molar-refractivity contribution in [3.63, 3.8) is 0 Å². The maximum atomic E-state index is 15.4. The van der Waals surface area contributed by atoms with Crippen molar-refractivity contribution in [1.29, 1.82) is 0 Å². The molecule has 3 heterocycles. The Bertz CT molecular complexity index is 1840. The number of benzene rings is 3. The van der Waals surface area contributed by atoms with E-state index in [4.69, 9.17) is 51.1 Å². The van der Waals surface area contributed by atoms with Crippen molar-refractivity contribution < 1.29 is 24.2 Å². The molecule has 0 radical (unpaired) electrons. The minimum absolute atomic E-state index is 0.172. The summed E-state index contributed by atoms with van der Waals surface area (Å²) in [5.41, 5.74) is -1.39. The lowest BCUT2D eigenvalue weighted by atomic mass is 9.68. The Kier molecular flexibility index (Phi) is 9.58. The normalized spacial score (nSPS) is 26.2. The first-order valence-corrected chi connectivity index (χ1v) is 18.1. The smallest absolute Gasteiger partial charge is 0.310 e. The van der Waals surface area contributed by atoms with Crippen molar-refractivity contribution in [3.8, 4) is 0 Å². The average molecular weight is 762 g/mol. The van der Waals surface area contributed by atoms with Crippen molar-refractivity contribution >= 4 is 75.6 Å². The number of hydrogen-bond acceptors (Lipinski definition) is 5. The summed E-state index contributed by atoms with van der Waals surface area (Å²) in [7, 11) is 0. The third-order valence-electron chi connectivity index (χ3n) is 11.3. The lowest BCUT2D eigenvalue weighted by molar-refractivity contribution is -0.153. The molecule has 5 atom stereocenters. The standard InChI is InChI=1S/C38H41Cl4N3O5/c1-35(2,3)36(4,5)19-44(25-13-22(39)12-23(40)14-25)32(46)29-28-17-37(6,50-18-21-10-8-7-9-11-21)20-45(28)38(30(29)33(47)48)26-15-24(41)16-27(42)31(26)43-34(38)49/h7-16,28-30H,17-20H2,1-6H3,(H,43,49)(H,47,48)/t28-,29?,30-,37+,38+/m1/s1. The van der Waals surface area contributed by atoms with E-state index < -0.39 is 52.2 Å². The van der Waals surface area contributed by atoms with Gasteiger partial charge in [0.2, 0.25) is 5.91 Å². The van der Waals surface area contributed by atoms with Crippen LogP contribution in [0.2, 0.25) is 20.1 Å². The monoisotopic (exact) mass is 759 g/mol. The predicted molar refractivity (Wildman–Crippen MR) is 198 cm³/mol. The molecule has 2 amide bonds. The summed E-state index contributed by atoms with van der Waals surface area (Å²) in [4.78, 5) is 47.1. The summed E-state index contributed by atoms with van der Waals surface area (Å²) >= 11 is 26.2. The molecule has 6 rings (SSSR count). The lowest BCUT2D eigenvalue weighted by Crippen LogP contribution is -2.55. The molecule has 266 valence electrons. The highest BCUT2D eigenvalue weighted by atomic mass is 35.5. The van der Waals surface area contributed by atoms with Crippen molar-refractivity contribution in [2.45, 2.75) is 71.8 Å². The molecule has 0 bridgehead atoms. The van der Waals surface area contributed by atoms with Gasteiger partial charge in [-0.2, -0.15) is 0 Å². The van der Waals surface area contributed by atoms with Gasteiger partial charge in [0, 0.05) is 45.5 Å². The summed E-state index contributed by atoms with van der Waals surface area (Å²) < 4.78 is 6.58. The summed E-state index contributed by atoms with van der Waals surface area (Å²) in [6.45, 7) is 13.0. The van der Waals surface area contributed by atoms with Crippen LogP contribution in [0.25, 0.3) is 0 Å². The number of rotatable bonds is 8. The summed E-state index contributed by atoms with van der Waals surface area (Å²) in [6.07, 6.45) is 0.283. The number of halogens is 4. The first-order chi connectivity index (χ1) is 23.3. The maximum absolute atomic E-state index is 15.4. The fraction of sp³-hybridized carbons (Fsp3) is 0.447. The molecule has 3 aromatic rings. The van der Waals surface area contributed by atoms with Crippen molar-refractivity contribution in [1.82, 2.24) is 4.90 Å². The first kappa shape index (κ1) is 36.9. The van der Waals surface area contributed by atoms with Gasteiger partial charge in [-0.1, -0.05) is 111 Å². The SMILES string of the molecule is CC(C)(C)C(C)(C)CN(C(=O)C1[C@H]2C[C@](C)(OCc3ccccc3)CN2[C@]2(C(=O)Nc3c(Cl)cc(Cl)cc32)[C@H]1C(=O)O)c1cc(Cl)cc(Cl)c1. The third kappa shape index (κ3) is 6.20. The van der Waals surface area contributed by atoms with Gasteiger partial charge in [0.1, 0.15) is 11.5 Å². The van der Waals surface area contributed by atoms with Gasteiger partial charge in [0.15, 0.2) is 0 Å². The zero-order valence-corrected chi connectivity index (χ0v) is 31.8. The summed E-state index contributed by atoms with van der Waals surface area (Å²) in [5.74, 6) is -5.03. The molecule has 0 aromatic heterocycles. The number of hydrogen-bond donors (Lipinski definition) is 2. The number of carbonyl (C=O) groups is 3. The largest absolute Gasteiger partial charge is 0.481 e. The molecule has 1 unspecified atom stereocenters. The summed E-state index contributed by atoms with van der Waals surface area (Å²) in [6, 6.07) is 17.0. The van der Waals surface area contributed by atoms with Crippen LogP contribution in [0.4, 0.5) is 11.4 Å². The van der Waals surface area contributed by atoms with Gasteiger partial charge >= 0.3 is 5.97 Å². The van der Waals surface area contributed by atoms with Crippen molar-refractivity contribution in [2.75, 3.05) is 23.3 Å². The van der Waals surface area contributed by atoms with Crippen LogP contribution in [-0.2, 0) is 31.3 Å². The number of carboxylic acids is 1. The molecule has 3 aliphatic rings. The van der Waals surface area contributed by atoms with Crippen LogP contribution in [0.15, 0.2) is 60.7 Å². The quantitative estimate of drug-likeness (QED) is 0.238.